The third-order valence-electron chi connectivity index (χ3n) is 5.92. The first-order valence-electron chi connectivity index (χ1n) is 9.49. The molecule has 0 aromatic heterocycles. The molecular formula is C22H27NO2Si. The van der Waals surface area contributed by atoms with E-state index in [0.717, 1.165) is 6.42 Å². The van der Waals surface area contributed by atoms with Gasteiger partial charge in [0.1, 0.15) is 0 Å². The summed E-state index contributed by atoms with van der Waals surface area (Å²) in [6.45, 7) is 7.45. The van der Waals surface area contributed by atoms with Crippen LogP contribution in [0.1, 0.15) is 27.2 Å². The molecule has 2 aromatic rings. The van der Waals surface area contributed by atoms with Crippen LogP contribution in [0, 0.1) is 11.8 Å². The molecule has 26 heavy (non-hydrogen) atoms. The molecular weight excluding hydrogens is 338 g/mol. The minimum Gasteiger partial charge on any atom is -0.405 e. The van der Waals surface area contributed by atoms with Crippen molar-refractivity contribution in [3.63, 3.8) is 0 Å². The summed E-state index contributed by atoms with van der Waals surface area (Å²) in [7, 11) is -2.50. The van der Waals surface area contributed by atoms with E-state index < -0.39 is 8.32 Å². The molecule has 2 aromatic carbocycles. The third kappa shape index (κ3) is 2.81. The van der Waals surface area contributed by atoms with Gasteiger partial charge in [0.15, 0.2) is 0 Å². The zero-order valence-electron chi connectivity index (χ0n) is 15.7. The molecule has 4 rings (SSSR count). The lowest BCUT2D eigenvalue weighted by Gasteiger charge is -2.43. The first-order valence-corrected chi connectivity index (χ1v) is 11.4. The van der Waals surface area contributed by atoms with Crippen LogP contribution in [-0.4, -0.2) is 26.9 Å². The van der Waals surface area contributed by atoms with E-state index in [1.165, 1.54) is 10.4 Å². The fourth-order valence-electron chi connectivity index (χ4n) is 4.50. The van der Waals surface area contributed by atoms with E-state index >= 15 is 0 Å². The fraction of sp³-hybridized carbons (Fsp3) is 0.409. The second-order valence-electron chi connectivity index (χ2n) is 8.60. The van der Waals surface area contributed by atoms with E-state index in [-0.39, 0.29) is 22.9 Å². The fourth-order valence-corrected chi connectivity index (χ4v) is 9.08. The van der Waals surface area contributed by atoms with Crippen molar-refractivity contribution >= 4 is 24.6 Å². The molecule has 1 amide bonds. The van der Waals surface area contributed by atoms with Gasteiger partial charge in [0.2, 0.25) is 5.91 Å². The minimum absolute atomic E-state index is 0.0265. The first kappa shape index (κ1) is 17.5. The van der Waals surface area contributed by atoms with Crippen LogP contribution < -0.4 is 15.7 Å². The standard InChI is InChI=1S/C22H27NO2Si/c1-22(2,3)26(16-10-6-4-7-11-16,17-12-8-5-9-13-17)25-15-20-18-14-19(18)21(24)23-20/h4-13,18-20H,14-15H2,1-3H3,(H,23,24)/t18-,19+,20+/m0/s1. The van der Waals surface area contributed by atoms with E-state index in [9.17, 15) is 4.79 Å². The molecule has 136 valence electrons. The summed E-state index contributed by atoms with van der Waals surface area (Å²) in [6.07, 6.45) is 1.03. The van der Waals surface area contributed by atoms with Crippen LogP contribution in [0.15, 0.2) is 60.7 Å². The predicted octanol–water partition coefficient (Wildman–Crippen LogP) is 2.70. The number of nitrogens with one attached hydrogen (secondary N) is 1. The maximum atomic E-state index is 11.9. The number of carbonyl (C=O) groups excluding carboxylic acids is 1. The molecule has 1 heterocycles. The quantitative estimate of drug-likeness (QED) is 0.828. The molecule has 2 aliphatic rings. The Morgan fingerprint density at radius 1 is 1.00 bits per heavy atom. The predicted molar refractivity (Wildman–Crippen MR) is 107 cm³/mol. The van der Waals surface area contributed by atoms with Gasteiger partial charge in [0.05, 0.1) is 12.6 Å². The number of amides is 1. The third-order valence-corrected chi connectivity index (χ3v) is 10.9. The topological polar surface area (TPSA) is 38.3 Å². The highest BCUT2D eigenvalue weighted by atomic mass is 28.4. The van der Waals surface area contributed by atoms with Gasteiger partial charge in [-0.3, -0.25) is 4.79 Å². The Morgan fingerprint density at radius 2 is 1.54 bits per heavy atom. The summed E-state index contributed by atoms with van der Waals surface area (Å²) < 4.78 is 6.92. The van der Waals surface area contributed by atoms with Gasteiger partial charge in [0.25, 0.3) is 8.32 Å². The highest BCUT2D eigenvalue weighted by molar-refractivity contribution is 6.99. The van der Waals surface area contributed by atoms with Gasteiger partial charge in [-0.2, -0.15) is 0 Å². The van der Waals surface area contributed by atoms with Crippen molar-refractivity contribution in [1.29, 1.82) is 0 Å². The highest BCUT2D eigenvalue weighted by Gasteiger charge is 2.56. The molecule has 1 N–H and O–H groups in total. The molecule has 1 saturated carbocycles. The van der Waals surface area contributed by atoms with Crippen LogP contribution >= 0.6 is 0 Å². The Bertz CT molecular complexity index is 745. The number of benzene rings is 2. The smallest absolute Gasteiger partial charge is 0.261 e. The first-order chi connectivity index (χ1) is 12.4. The molecule has 4 heteroatoms. The Hall–Kier alpha value is -1.91. The van der Waals surface area contributed by atoms with Gasteiger partial charge in [-0.15, -0.1) is 0 Å². The molecule has 2 fully saturated rings. The molecule has 1 aliphatic carbocycles. The summed E-state index contributed by atoms with van der Waals surface area (Å²) in [4.78, 5) is 11.9. The van der Waals surface area contributed by atoms with Crippen molar-refractivity contribution in [2.75, 3.05) is 6.61 Å². The summed E-state index contributed by atoms with van der Waals surface area (Å²) in [5, 5.41) is 5.69. The van der Waals surface area contributed by atoms with Gasteiger partial charge in [-0.1, -0.05) is 81.4 Å². The number of piperidine rings is 1. The molecule has 0 radical (unpaired) electrons. The van der Waals surface area contributed by atoms with Crippen molar-refractivity contribution in [2.45, 2.75) is 38.3 Å². The summed E-state index contributed by atoms with van der Waals surface area (Å²) in [5.74, 6) is 0.925. The van der Waals surface area contributed by atoms with Gasteiger partial charge in [-0.25, -0.2) is 0 Å². The number of fused-ring (bicyclic) bond motifs is 1. The van der Waals surface area contributed by atoms with Crippen molar-refractivity contribution in [3.05, 3.63) is 60.7 Å². The van der Waals surface area contributed by atoms with Crippen LogP contribution in [-0.2, 0) is 9.22 Å². The Labute approximate surface area is 156 Å². The Morgan fingerprint density at radius 3 is 1.92 bits per heavy atom. The lowest BCUT2D eigenvalue weighted by molar-refractivity contribution is -0.121. The molecule has 0 bridgehead atoms. The van der Waals surface area contributed by atoms with Gasteiger partial charge >= 0.3 is 0 Å². The van der Waals surface area contributed by atoms with Crippen LogP contribution in [0.3, 0.4) is 0 Å². The van der Waals surface area contributed by atoms with Crippen molar-refractivity contribution in [2.24, 2.45) is 11.8 Å². The van der Waals surface area contributed by atoms with Crippen LogP contribution in [0.5, 0.6) is 0 Å². The molecule has 1 aliphatic heterocycles. The van der Waals surface area contributed by atoms with E-state index in [1.807, 2.05) is 0 Å². The zero-order chi connectivity index (χ0) is 18.4. The van der Waals surface area contributed by atoms with Gasteiger partial charge in [-0.05, 0) is 27.8 Å². The number of hydrogen-bond acceptors (Lipinski definition) is 2. The number of rotatable bonds is 5. The van der Waals surface area contributed by atoms with E-state index in [2.05, 4.69) is 86.8 Å². The average Bonchev–Trinajstić information content (AvgIpc) is 3.37. The largest absolute Gasteiger partial charge is 0.405 e. The maximum absolute atomic E-state index is 11.9. The summed E-state index contributed by atoms with van der Waals surface area (Å²) in [5.41, 5.74) is 0. The average molecular weight is 366 g/mol. The summed E-state index contributed by atoms with van der Waals surface area (Å²) >= 11 is 0. The van der Waals surface area contributed by atoms with Crippen molar-refractivity contribution in [1.82, 2.24) is 5.32 Å². The monoisotopic (exact) mass is 365 g/mol. The van der Waals surface area contributed by atoms with Crippen molar-refractivity contribution in [3.8, 4) is 0 Å². The van der Waals surface area contributed by atoms with Gasteiger partial charge in [0, 0.05) is 5.92 Å². The van der Waals surface area contributed by atoms with Crippen molar-refractivity contribution < 1.29 is 9.22 Å². The van der Waals surface area contributed by atoms with E-state index in [1.54, 1.807) is 0 Å². The molecule has 0 spiro atoms. The molecule has 3 nitrogen and oxygen atoms in total. The molecule has 1 saturated heterocycles. The summed E-state index contributed by atoms with van der Waals surface area (Å²) in [6, 6.07) is 21.5. The van der Waals surface area contributed by atoms with Gasteiger partial charge < -0.3 is 9.74 Å². The Kier molecular flexibility index (Phi) is 4.28. The van der Waals surface area contributed by atoms with Crippen LogP contribution in [0.2, 0.25) is 5.04 Å². The Balaban J connectivity index is 1.74. The second-order valence-corrected chi connectivity index (χ2v) is 12.9. The lowest BCUT2D eigenvalue weighted by Crippen LogP contribution is -2.67. The van der Waals surface area contributed by atoms with E-state index in [0.29, 0.717) is 12.5 Å². The van der Waals surface area contributed by atoms with Crippen LogP contribution in [0.4, 0.5) is 0 Å². The maximum Gasteiger partial charge on any atom is 0.261 e. The normalized spacial score (nSPS) is 24.9. The highest BCUT2D eigenvalue weighted by Crippen LogP contribution is 2.46. The minimum atomic E-state index is -2.50. The second kappa shape index (κ2) is 6.36. The number of hydrogen-bond donors (Lipinski definition) is 1. The molecule has 0 unspecified atom stereocenters. The zero-order valence-corrected chi connectivity index (χ0v) is 16.7. The lowest BCUT2D eigenvalue weighted by atomic mass is 10.2. The van der Waals surface area contributed by atoms with E-state index in [4.69, 9.17) is 4.43 Å². The number of carbonyl (C=O) groups is 1. The SMILES string of the molecule is CC(C)(C)[Si](OC[C@H]1NC(=O)[C@@H]2C[C@H]12)(c1ccccc1)c1ccccc1. The van der Waals surface area contributed by atoms with Crippen LogP contribution in [0.25, 0.3) is 0 Å². The molecule has 3 atom stereocenters.